The summed E-state index contributed by atoms with van der Waals surface area (Å²) in [6, 6.07) is 25.3. The highest BCUT2D eigenvalue weighted by molar-refractivity contribution is 5.85. The smallest absolute Gasteiger partial charge is 0.177 e. The number of aliphatic hydroxyl groups excluding tert-OH is 3. The molecular weight excluding hydrogens is 552 g/mol. The van der Waals surface area contributed by atoms with Crippen LogP contribution in [0, 0.1) is 0 Å². The number of nitrogens with one attached hydrogen (secondary N) is 1. The van der Waals surface area contributed by atoms with Crippen LogP contribution in [0.25, 0.3) is 11.2 Å². The summed E-state index contributed by atoms with van der Waals surface area (Å²) in [7, 11) is 0. The van der Waals surface area contributed by atoms with Gasteiger partial charge in [-0.2, -0.15) is 5.10 Å². The van der Waals surface area contributed by atoms with Crippen molar-refractivity contribution < 1.29 is 29.5 Å². The second kappa shape index (κ2) is 13.0. The lowest BCUT2D eigenvalue weighted by atomic mass is 10.1. The largest absolute Gasteiger partial charge is 0.485 e. The van der Waals surface area contributed by atoms with Gasteiger partial charge in [-0.25, -0.2) is 15.0 Å². The summed E-state index contributed by atoms with van der Waals surface area (Å²) >= 11 is 0. The van der Waals surface area contributed by atoms with Gasteiger partial charge < -0.3 is 29.5 Å². The van der Waals surface area contributed by atoms with E-state index in [-0.39, 0.29) is 0 Å². The van der Waals surface area contributed by atoms with Crippen molar-refractivity contribution >= 4 is 23.2 Å². The van der Waals surface area contributed by atoms with Crippen molar-refractivity contribution in [1.29, 1.82) is 0 Å². The normalized spacial score (nSPS) is 20.1. The number of ether oxygens (including phenoxy) is 3. The Bertz CT molecular complexity index is 1680. The second-order valence-corrected chi connectivity index (χ2v) is 9.90. The van der Waals surface area contributed by atoms with Gasteiger partial charge in [0.25, 0.3) is 0 Å². The van der Waals surface area contributed by atoms with Crippen molar-refractivity contribution in [1.82, 2.24) is 19.5 Å². The van der Waals surface area contributed by atoms with Crippen LogP contribution in [0.3, 0.4) is 0 Å². The molecule has 1 saturated heterocycles. The summed E-state index contributed by atoms with van der Waals surface area (Å²) in [5.41, 5.74) is 6.47. The number of aromatic nitrogens is 4. The lowest BCUT2D eigenvalue weighted by Crippen LogP contribution is -2.33. The first kappa shape index (κ1) is 28.2. The summed E-state index contributed by atoms with van der Waals surface area (Å²) in [5, 5.41) is 34.3. The zero-order valence-electron chi connectivity index (χ0n) is 23.0. The Hall–Kier alpha value is -4.88. The van der Waals surface area contributed by atoms with Crippen molar-refractivity contribution in [2.75, 3.05) is 12.0 Å². The zero-order chi connectivity index (χ0) is 29.6. The molecule has 4 N–H and O–H groups in total. The summed E-state index contributed by atoms with van der Waals surface area (Å²) in [6.07, 6.45) is -0.0240. The fourth-order valence-corrected chi connectivity index (χ4v) is 4.71. The molecule has 0 saturated carbocycles. The Morgan fingerprint density at radius 3 is 2.23 bits per heavy atom. The fourth-order valence-electron chi connectivity index (χ4n) is 4.71. The number of anilines is 1. The van der Waals surface area contributed by atoms with Gasteiger partial charge in [-0.1, -0.05) is 60.7 Å². The van der Waals surface area contributed by atoms with Crippen LogP contribution < -0.4 is 14.9 Å². The van der Waals surface area contributed by atoms with E-state index < -0.39 is 31.1 Å². The molecule has 0 spiro atoms. The van der Waals surface area contributed by atoms with E-state index in [2.05, 4.69) is 25.5 Å². The molecule has 1 fully saturated rings. The molecule has 43 heavy (non-hydrogen) atoms. The number of nitrogens with zero attached hydrogens (tertiary/aromatic N) is 5. The summed E-state index contributed by atoms with van der Waals surface area (Å²) < 4.78 is 19.3. The lowest BCUT2D eigenvalue weighted by molar-refractivity contribution is -0.0511. The monoisotopic (exact) mass is 582 g/mol. The number of aliphatic hydroxyl groups is 3. The molecule has 1 unspecified atom stereocenters. The third-order valence-electron chi connectivity index (χ3n) is 6.98. The van der Waals surface area contributed by atoms with Crippen LogP contribution in [0.2, 0.25) is 0 Å². The number of hydrogen-bond donors (Lipinski definition) is 4. The minimum absolute atomic E-state index is 0.329. The molecular formula is C31H30N6O6. The van der Waals surface area contributed by atoms with Gasteiger partial charge in [0.1, 0.15) is 37.9 Å². The standard InChI is InChI=1S/C31H30N6O6/c38-15-25-27(39)28(40)31(43-25)37-19-34-26-29(32-18-33-30(26)37)36-35-14-22-11-12-23(41-16-20-7-3-1-4-8-20)24(13-22)42-17-21-9-5-2-6-10-21/h1-14,18-19,25,27-28,31,38-40H,15-17H2,(H,32,33,36)/b35-14+/t25-,27?,28+,31-/m1/s1. The predicted octanol–water partition coefficient (Wildman–Crippen LogP) is 3.04. The summed E-state index contributed by atoms with van der Waals surface area (Å²) in [4.78, 5) is 12.9. The molecule has 5 aromatic rings. The Labute approximate surface area is 246 Å². The van der Waals surface area contributed by atoms with E-state index in [0.29, 0.717) is 41.7 Å². The van der Waals surface area contributed by atoms with E-state index in [0.717, 1.165) is 16.7 Å². The van der Waals surface area contributed by atoms with Gasteiger partial charge >= 0.3 is 0 Å². The average molecular weight is 583 g/mol. The molecule has 0 amide bonds. The molecule has 2 aromatic heterocycles. The molecule has 4 atom stereocenters. The quantitative estimate of drug-likeness (QED) is 0.135. The third kappa shape index (κ3) is 6.32. The van der Waals surface area contributed by atoms with Crippen LogP contribution in [-0.2, 0) is 18.0 Å². The maximum Gasteiger partial charge on any atom is 0.177 e. The SMILES string of the molecule is OC[C@H]1O[C@@H](n2cnc3c(N/N=C/c4ccc(OCc5ccccc5)c(OCc5ccccc5)c4)ncnc32)[C@@H](O)C1O. The van der Waals surface area contributed by atoms with Crippen molar-refractivity contribution in [2.45, 2.75) is 37.8 Å². The van der Waals surface area contributed by atoms with Crippen molar-refractivity contribution in [3.63, 3.8) is 0 Å². The van der Waals surface area contributed by atoms with E-state index >= 15 is 0 Å². The number of benzene rings is 3. The van der Waals surface area contributed by atoms with Crippen LogP contribution in [-0.4, -0.2) is 66.0 Å². The van der Waals surface area contributed by atoms with Crippen molar-refractivity contribution in [3.8, 4) is 11.5 Å². The first-order chi connectivity index (χ1) is 21.1. The highest BCUT2D eigenvalue weighted by atomic mass is 16.6. The average Bonchev–Trinajstić information content (AvgIpc) is 3.61. The molecule has 1 aliphatic heterocycles. The van der Waals surface area contributed by atoms with Crippen LogP contribution in [0.15, 0.2) is 96.6 Å². The van der Waals surface area contributed by atoms with Gasteiger partial charge in [0.2, 0.25) is 0 Å². The molecule has 0 aliphatic carbocycles. The first-order valence-electron chi connectivity index (χ1n) is 13.7. The molecule has 6 rings (SSSR count). The van der Waals surface area contributed by atoms with E-state index in [1.54, 1.807) is 6.21 Å². The lowest BCUT2D eigenvalue weighted by Gasteiger charge is -2.16. The van der Waals surface area contributed by atoms with Gasteiger partial charge in [-0.15, -0.1) is 0 Å². The minimum atomic E-state index is -1.27. The highest BCUT2D eigenvalue weighted by Gasteiger charge is 2.44. The molecule has 3 heterocycles. The second-order valence-electron chi connectivity index (χ2n) is 9.90. The van der Waals surface area contributed by atoms with Gasteiger partial charge in [0.05, 0.1) is 19.1 Å². The predicted molar refractivity (Wildman–Crippen MR) is 158 cm³/mol. The summed E-state index contributed by atoms with van der Waals surface area (Å²) in [5.74, 6) is 1.51. The highest BCUT2D eigenvalue weighted by Crippen LogP contribution is 2.32. The van der Waals surface area contributed by atoms with E-state index in [1.165, 1.54) is 17.2 Å². The van der Waals surface area contributed by atoms with Crippen molar-refractivity contribution in [2.24, 2.45) is 5.10 Å². The van der Waals surface area contributed by atoms with Crippen LogP contribution >= 0.6 is 0 Å². The Morgan fingerprint density at radius 2 is 1.56 bits per heavy atom. The number of hydrazone groups is 1. The number of imidazole rings is 1. The molecule has 3 aromatic carbocycles. The Kier molecular flexibility index (Phi) is 8.52. The molecule has 0 radical (unpaired) electrons. The summed E-state index contributed by atoms with van der Waals surface area (Å²) in [6.45, 7) is 0.339. The molecule has 220 valence electrons. The third-order valence-corrected chi connectivity index (χ3v) is 6.98. The van der Waals surface area contributed by atoms with Crippen LogP contribution in [0.1, 0.15) is 22.9 Å². The number of fused-ring (bicyclic) bond motifs is 1. The maximum absolute atomic E-state index is 10.4. The van der Waals surface area contributed by atoms with Crippen LogP contribution in [0.5, 0.6) is 11.5 Å². The topological polar surface area (TPSA) is 156 Å². The molecule has 12 nitrogen and oxygen atoms in total. The first-order valence-corrected chi connectivity index (χ1v) is 13.7. The van der Waals surface area contributed by atoms with Gasteiger partial charge in [0.15, 0.2) is 34.7 Å². The molecule has 1 aliphatic rings. The van der Waals surface area contributed by atoms with E-state index in [4.69, 9.17) is 14.2 Å². The van der Waals surface area contributed by atoms with Gasteiger partial charge in [-0.3, -0.25) is 9.99 Å². The van der Waals surface area contributed by atoms with Crippen molar-refractivity contribution in [3.05, 3.63) is 108 Å². The van der Waals surface area contributed by atoms with Crippen LogP contribution in [0.4, 0.5) is 5.82 Å². The minimum Gasteiger partial charge on any atom is -0.485 e. The Morgan fingerprint density at radius 1 is 0.860 bits per heavy atom. The molecule has 12 heteroatoms. The van der Waals surface area contributed by atoms with E-state index in [9.17, 15) is 15.3 Å². The van der Waals surface area contributed by atoms with E-state index in [1.807, 2.05) is 78.9 Å². The maximum atomic E-state index is 10.4. The molecule has 0 bridgehead atoms. The van der Waals surface area contributed by atoms with Gasteiger partial charge in [-0.05, 0) is 34.9 Å². The zero-order valence-corrected chi connectivity index (χ0v) is 23.0. The van der Waals surface area contributed by atoms with Gasteiger partial charge in [0, 0.05) is 0 Å². The number of rotatable bonds is 11. The Balaban J connectivity index is 1.19. The number of hydrogen-bond acceptors (Lipinski definition) is 11. The fraction of sp³-hybridized carbons (Fsp3) is 0.226.